The van der Waals surface area contributed by atoms with Crippen molar-refractivity contribution in [3.05, 3.63) is 46.4 Å². The van der Waals surface area contributed by atoms with Crippen LogP contribution in [0.25, 0.3) is 0 Å². The maximum Gasteiger partial charge on any atom is 0.0795 e. The lowest BCUT2D eigenvalue weighted by molar-refractivity contribution is 0.850. The molecule has 0 spiro atoms. The minimum Gasteiger partial charge on any atom is -0.377 e. The van der Waals surface area contributed by atoms with Gasteiger partial charge in [-0.2, -0.15) is 0 Å². The number of nitrogens with zero attached hydrogens (tertiary/aromatic N) is 1. The molecule has 0 fully saturated rings. The molecule has 0 saturated carbocycles. The van der Waals surface area contributed by atoms with Gasteiger partial charge in [-0.3, -0.25) is 0 Å². The van der Waals surface area contributed by atoms with Crippen LogP contribution in [0.4, 0.5) is 5.69 Å². The molecule has 0 amide bonds. The fourth-order valence-electron chi connectivity index (χ4n) is 1.46. The zero-order valence-corrected chi connectivity index (χ0v) is 9.79. The van der Waals surface area contributed by atoms with Crippen LogP contribution in [0.15, 0.2) is 35.2 Å². The third-order valence-corrected chi connectivity index (χ3v) is 2.91. The molecule has 2 aromatic rings. The summed E-state index contributed by atoms with van der Waals surface area (Å²) in [5.74, 6) is 2.62. The molecule has 80 valence electrons. The molecule has 1 unspecified atom stereocenters. The average Bonchev–Trinajstić information content (AvgIpc) is 2.83. The summed E-state index contributed by atoms with van der Waals surface area (Å²) in [5, 5.41) is 5.41. The minimum absolute atomic E-state index is 0.194. The predicted octanol–water partition coefficient (Wildman–Crippen LogP) is 3.30. The van der Waals surface area contributed by atoms with E-state index >= 15 is 0 Å². The van der Waals surface area contributed by atoms with Gasteiger partial charge in [0.1, 0.15) is 0 Å². The average molecular weight is 228 g/mol. The Kier molecular flexibility index (Phi) is 3.23. The highest BCUT2D eigenvalue weighted by atomic mass is 32.1. The number of anilines is 1. The molecule has 0 aliphatic rings. The highest BCUT2D eigenvalue weighted by Crippen LogP contribution is 2.19. The van der Waals surface area contributed by atoms with Crippen LogP contribution in [0.2, 0.25) is 0 Å². The van der Waals surface area contributed by atoms with E-state index in [1.54, 1.807) is 11.3 Å². The van der Waals surface area contributed by atoms with E-state index in [9.17, 15) is 0 Å². The second-order valence-electron chi connectivity index (χ2n) is 3.50. The van der Waals surface area contributed by atoms with Crippen LogP contribution in [0.5, 0.6) is 0 Å². The molecule has 1 heterocycles. The van der Waals surface area contributed by atoms with Gasteiger partial charge >= 0.3 is 0 Å². The van der Waals surface area contributed by atoms with E-state index in [1.807, 2.05) is 35.2 Å². The monoisotopic (exact) mass is 228 g/mol. The van der Waals surface area contributed by atoms with Crippen LogP contribution >= 0.6 is 11.3 Å². The Morgan fingerprint density at radius 1 is 1.50 bits per heavy atom. The molecule has 16 heavy (non-hydrogen) atoms. The number of hydrogen-bond acceptors (Lipinski definition) is 3. The van der Waals surface area contributed by atoms with Gasteiger partial charge < -0.3 is 5.32 Å². The fourth-order valence-corrected chi connectivity index (χ4v) is 2.11. The Bertz CT molecular complexity index is 497. The van der Waals surface area contributed by atoms with Crippen molar-refractivity contribution >= 4 is 17.0 Å². The van der Waals surface area contributed by atoms with E-state index in [0.29, 0.717) is 0 Å². The van der Waals surface area contributed by atoms with Crippen LogP contribution < -0.4 is 5.32 Å². The van der Waals surface area contributed by atoms with E-state index in [-0.39, 0.29) is 6.04 Å². The van der Waals surface area contributed by atoms with Crippen LogP contribution in [-0.4, -0.2) is 4.98 Å². The summed E-state index contributed by atoms with van der Waals surface area (Å²) in [6.07, 6.45) is 5.36. The Hall–Kier alpha value is -1.79. The third-order valence-electron chi connectivity index (χ3n) is 2.31. The fraction of sp³-hybridized carbons (Fsp3) is 0.154. The lowest BCUT2D eigenvalue weighted by atomic mass is 10.2. The molecular formula is C13H12N2S. The van der Waals surface area contributed by atoms with E-state index in [4.69, 9.17) is 6.42 Å². The van der Waals surface area contributed by atoms with E-state index in [2.05, 4.69) is 23.1 Å². The summed E-state index contributed by atoms with van der Waals surface area (Å²) in [6.45, 7) is 2.08. The van der Waals surface area contributed by atoms with Crippen molar-refractivity contribution in [2.24, 2.45) is 0 Å². The smallest absolute Gasteiger partial charge is 0.0795 e. The summed E-state index contributed by atoms with van der Waals surface area (Å²) in [7, 11) is 0. The Balaban J connectivity index is 2.12. The molecule has 2 nitrogen and oxygen atoms in total. The van der Waals surface area contributed by atoms with Crippen molar-refractivity contribution in [3.8, 4) is 12.3 Å². The summed E-state index contributed by atoms with van der Waals surface area (Å²) in [6, 6.07) is 8.02. The van der Waals surface area contributed by atoms with Gasteiger partial charge in [-0.05, 0) is 25.1 Å². The minimum atomic E-state index is 0.194. The Labute approximate surface area is 99.4 Å². The molecule has 0 radical (unpaired) electrons. The van der Waals surface area contributed by atoms with Crippen molar-refractivity contribution in [2.45, 2.75) is 13.0 Å². The molecule has 0 saturated heterocycles. The second-order valence-corrected chi connectivity index (χ2v) is 4.22. The Morgan fingerprint density at radius 2 is 2.38 bits per heavy atom. The number of nitrogens with one attached hydrogen (secondary N) is 1. The lowest BCUT2D eigenvalue weighted by Gasteiger charge is -2.13. The lowest BCUT2D eigenvalue weighted by Crippen LogP contribution is -2.06. The van der Waals surface area contributed by atoms with Gasteiger partial charge in [0.2, 0.25) is 0 Å². The highest BCUT2D eigenvalue weighted by molar-refractivity contribution is 7.07. The van der Waals surface area contributed by atoms with Gasteiger partial charge in [-0.15, -0.1) is 17.8 Å². The zero-order chi connectivity index (χ0) is 11.4. The molecule has 0 aliphatic heterocycles. The third kappa shape index (κ3) is 2.41. The van der Waals surface area contributed by atoms with Crippen molar-refractivity contribution < 1.29 is 0 Å². The molecule has 1 aromatic heterocycles. The summed E-state index contributed by atoms with van der Waals surface area (Å²) in [5.41, 5.74) is 4.80. The molecule has 1 N–H and O–H groups in total. The topological polar surface area (TPSA) is 24.9 Å². The molecule has 1 aromatic carbocycles. The number of aromatic nitrogens is 1. The van der Waals surface area contributed by atoms with Gasteiger partial charge in [-0.1, -0.05) is 12.0 Å². The summed E-state index contributed by atoms with van der Waals surface area (Å²) in [4.78, 5) is 4.27. The SMILES string of the molecule is C#Cc1cccc(NC(C)c2cscn2)c1. The van der Waals surface area contributed by atoms with Gasteiger partial charge in [-0.25, -0.2) is 4.98 Å². The van der Waals surface area contributed by atoms with Gasteiger partial charge in [0.05, 0.1) is 17.2 Å². The first-order valence-corrected chi connectivity index (χ1v) is 5.95. The standard InChI is InChI=1S/C13H12N2S/c1-3-11-5-4-6-12(7-11)15-10(2)13-8-16-9-14-13/h1,4-10,15H,2H3. The van der Waals surface area contributed by atoms with E-state index in [1.165, 1.54) is 0 Å². The first-order chi connectivity index (χ1) is 7.79. The first-order valence-electron chi connectivity index (χ1n) is 5.01. The number of thiazole rings is 1. The van der Waals surface area contributed by atoms with Gasteiger partial charge in [0.25, 0.3) is 0 Å². The predicted molar refractivity (Wildman–Crippen MR) is 68.5 cm³/mol. The summed E-state index contributed by atoms with van der Waals surface area (Å²) < 4.78 is 0. The van der Waals surface area contributed by atoms with Crippen molar-refractivity contribution in [1.82, 2.24) is 4.98 Å². The largest absolute Gasteiger partial charge is 0.377 e. The van der Waals surface area contributed by atoms with E-state index < -0.39 is 0 Å². The molecule has 3 heteroatoms. The van der Waals surface area contributed by atoms with E-state index in [0.717, 1.165) is 16.9 Å². The Morgan fingerprint density at radius 3 is 3.06 bits per heavy atom. The summed E-state index contributed by atoms with van der Waals surface area (Å²) >= 11 is 1.60. The van der Waals surface area contributed by atoms with Gasteiger partial charge in [0.15, 0.2) is 0 Å². The molecular weight excluding hydrogens is 216 g/mol. The number of terminal acetylenes is 1. The van der Waals surface area contributed by atoms with Crippen LogP contribution in [0.1, 0.15) is 24.2 Å². The number of rotatable bonds is 3. The second kappa shape index (κ2) is 4.82. The quantitative estimate of drug-likeness (QED) is 0.815. The van der Waals surface area contributed by atoms with Crippen molar-refractivity contribution in [2.75, 3.05) is 5.32 Å². The van der Waals surface area contributed by atoms with Crippen molar-refractivity contribution in [3.63, 3.8) is 0 Å². The van der Waals surface area contributed by atoms with Crippen LogP contribution in [0.3, 0.4) is 0 Å². The van der Waals surface area contributed by atoms with Crippen LogP contribution in [0, 0.1) is 12.3 Å². The molecule has 2 rings (SSSR count). The van der Waals surface area contributed by atoms with Crippen molar-refractivity contribution in [1.29, 1.82) is 0 Å². The highest BCUT2D eigenvalue weighted by Gasteiger charge is 2.06. The van der Waals surface area contributed by atoms with Crippen LogP contribution in [-0.2, 0) is 0 Å². The normalized spacial score (nSPS) is 11.8. The number of benzene rings is 1. The number of hydrogen-bond donors (Lipinski definition) is 1. The molecule has 0 aliphatic carbocycles. The van der Waals surface area contributed by atoms with Gasteiger partial charge in [0, 0.05) is 16.6 Å². The molecule has 0 bridgehead atoms. The zero-order valence-electron chi connectivity index (χ0n) is 8.97. The maximum atomic E-state index is 5.36. The maximum absolute atomic E-state index is 5.36. The molecule has 1 atom stereocenters. The first kappa shape index (κ1) is 10.7.